The predicted octanol–water partition coefficient (Wildman–Crippen LogP) is 4.23. The van der Waals surface area contributed by atoms with Crippen molar-refractivity contribution >= 4 is 37.5 Å². The zero-order chi connectivity index (χ0) is 25.4. The summed E-state index contributed by atoms with van der Waals surface area (Å²) in [6.07, 6.45) is 1.86. The van der Waals surface area contributed by atoms with E-state index in [0.29, 0.717) is 4.80 Å². The topological polar surface area (TPSA) is 119 Å². The molecule has 3 rings (SSSR count). The van der Waals surface area contributed by atoms with Crippen LogP contribution in [0.15, 0.2) is 52.4 Å². The number of aryl methyl sites for hydroxylation is 2. The Bertz CT molecular complexity index is 1440. The molecule has 0 aliphatic rings. The molecule has 0 spiro atoms. The van der Waals surface area contributed by atoms with Gasteiger partial charge in [-0.1, -0.05) is 31.3 Å². The Balaban J connectivity index is 1.93. The molecule has 0 bridgehead atoms. The molecule has 35 heavy (non-hydrogen) atoms. The first kappa shape index (κ1) is 26.3. The minimum Gasteiger partial charge on any atom is -0.316 e. The summed E-state index contributed by atoms with van der Waals surface area (Å²) in [5.74, 6) is -0.452. The molecule has 1 heterocycles. The lowest BCUT2D eigenvalue weighted by Crippen LogP contribution is -2.32. The van der Waals surface area contributed by atoms with Gasteiger partial charge in [-0.3, -0.25) is 4.79 Å². The second-order valence-corrected chi connectivity index (χ2v) is 10.8. The third-order valence-corrected chi connectivity index (χ3v) is 8.44. The van der Waals surface area contributed by atoms with E-state index < -0.39 is 15.9 Å². The first-order valence-electron chi connectivity index (χ1n) is 11.4. The van der Waals surface area contributed by atoms with Gasteiger partial charge in [0.15, 0.2) is 4.80 Å². The van der Waals surface area contributed by atoms with Gasteiger partial charge in [-0.2, -0.15) is 19.8 Å². The molecule has 3 aromatic rings. The maximum absolute atomic E-state index is 13.0. The second kappa shape index (κ2) is 11.9. The van der Waals surface area contributed by atoms with Crippen molar-refractivity contribution in [3.05, 3.63) is 58.4 Å². The van der Waals surface area contributed by atoms with E-state index >= 15 is 0 Å². The number of carbonyl (C=O) groups is 1. The fourth-order valence-corrected chi connectivity index (χ4v) is 6.19. The smallest absolute Gasteiger partial charge is 0.279 e. The van der Waals surface area contributed by atoms with E-state index in [0.717, 1.165) is 33.9 Å². The lowest BCUT2D eigenvalue weighted by atomic mass is 10.2. The first-order valence-corrected chi connectivity index (χ1v) is 13.7. The number of sulfonamides is 1. The van der Waals surface area contributed by atoms with E-state index in [9.17, 15) is 13.2 Å². The Hall–Kier alpha value is -3.31. The third-order valence-electron chi connectivity index (χ3n) is 5.48. The van der Waals surface area contributed by atoms with E-state index in [4.69, 9.17) is 10.5 Å². The van der Waals surface area contributed by atoms with Gasteiger partial charge in [-0.15, -0.1) is 0 Å². The van der Waals surface area contributed by atoms with Crippen LogP contribution in [0.25, 0.3) is 10.2 Å². The number of thiazole rings is 1. The second-order valence-electron chi connectivity index (χ2n) is 7.85. The molecule has 0 saturated carbocycles. The van der Waals surface area contributed by atoms with Crippen LogP contribution < -0.4 is 4.80 Å². The average Bonchev–Trinajstić information content (AvgIpc) is 3.20. The van der Waals surface area contributed by atoms with Gasteiger partial charge in [0, 0.05) is 38.0 Å². The van der Waals surface area contributed by atoms with Gasteiger partial charge < -0.3 is 4.57 Å². The Morgan fingerprint density at radius 3 is 2.29 bits per heavy atom. The normalized spacial score (nSPS) is 12.1. The quantitative estimate of drug-likeness (QED) is 0.405. The van der Waals surface area contributed by atoms with Crippen molar-refractivity contribution in [1.82, 2.24) is 8.87 Å². The van der Waals surface area contributed by atoms with Crippen molar-refractivity contribution in [1.29, 1.82) is 10.5 Å². The summed E-state index contributed by atoms with van der Waals surface area (Å²) in [5.41, 5.74) is 2.53. The molecule has 2 aromatic carbocycles. The minimum atomic E-state index is -3.90. The molecule has 8 nitrogen and oxygen atoms in total. The SMILES string of the molecule is CCCn1c(=NC(=O)c2ccc(S(=O)(=O)N(CCC#N)CCC#N)cc2)sc2cc(CC)ccc21. The molecular weight excluding hydrogens is 482 g/mol. The number of hydrogen-bond acceptors (Lipinski definition) is 6. The first-order chi connectivity index (χ1) is 16.8. The molecule has 0 radical (unpaired) electrons. The Labute approximate surface area is 209 Å². The fourth-order valence-electron chi connectivity index (χ4n) is 3.63. The average molecular weight is 510 g/mol. The standard InChI is InChI=1S/C25H27N5O3S2/c1-3-15-30-22-12-7-19(4-2)18-23(22)34-25(30)28-24(31)20-8-10-21(11-9-20)35(32,33)29(16-5-13-26)17-6-14-27/h7-12,18H,3-6,15-17H2,1-2H3. The van der Waals surface area contributed by atoms with Crippen LogP contribution in [0.2, 0.25) is 0 Å². The van der Waals surface area contributed by atoms with Gasteiger partial charge in [0.2, 0.25) is 10.0 Å². The lowest BCUT2D eigenvalue weighted by Gasteiger charge is -2.20. The highest BCUT2D eigenvalue weighted by molar-refractivity contribution is 7.89. The van der Waals surface area contributed by atoms with Crippen LogP contribution in [0.5, 0.6) is 0 Å². The van der Waals surface area contributed by atoms with E-state index in [2.05, 4.69) is 37.0 Å². The highest BCUT2D eigenvalue weighted by atomic mass is 32.2. The molecule has 182 valence electrons. The molecule has 0 unspecified atom stereocenters. The van der Waals surface area contributed by atoms with Crippen molar-refractivity contribution in [3.63, 3.8) is 0 Å². The van der Waals surface area contributed by atoms with Gasteiger partial charge in [-0.05, 0) is 54.8 Å². The molecule has 0 saturated heterocycles. The number of benzene rings is 2. The van der Waals surface area contributed by atoms with Crippen LogP contribution in [0.1, 0.15) is 49.0 Å². The highest BCUT2D eigenvalue weighted by Gasteiger charge is 2.24. The number of amides is 1. The zero-order valence-corrected chi connectivity index (χ0v) is 21.4. The van der Waals surface area contributed by atoms with Crippen molar-refractivity contribution in [2.24, 2.45) is 4.99 Å². The number of fused-ring (bicyclic) bond motifs is 1. The number of nitrogens with zero attached hydrogens (tertiary/aromatic N) is 5. The van der Waals surface area contributed by atoms with Gasteiger partial charge in [-0.25, -0.2) is 8.42 Å². The Morgan fingerprint density at radius 2 is 1.71 bits per heavy atom. The summed E-state index contributed by atoms with van der Waals surface area (Å²) >= 11 is 1.46. The van der Waals surface area contributed by atoms with Crippen LogP contribution in [0, 0.1) is 22.7 Å². The fraction of sp³-hybridized carbons (Fsp3) is 0.360. The maximum Gasteiger partial charge on any atom is 0.279 e. The number of hydrogen-bond donors (Lipinski definition) is 0. The van der Waals surface area contributed by atoms with Gasteiger partial charge in [0.05, 0.1) is 27.3 Å². The molecule has 0 atom stereocenters. The van der Waals surface area contributed by atoms with E-state index in [1.165, 1.54) is 41.2 Å². The van der Waals surface area contributed by atoms with Crippen molar-refractivity contribution in [2.45, 2.75) is 51.0 Å². The van der Waals surface area contributed by atoms with Crippen LogP contribution in [0.4, 0.5) is 0 Å². The number of carbonyl (C=O) groups excluding carboxylic acids is 1. The predicted molar refractivity (Wildman–Crippen MR) is 135 cm³/mol. The summed E-state index contributed by atoms with van der Waals surface area (Å²) in [4.78, 5) is 17.9. The zero-order valence-electron chi connectivity index (χ0n) is 19.8. The van der Waals surface area contributed by atoms with Crippen molar-refractivity contribution < 1.29 is 13.2 Å². The lowest BCUT2D eigenvalue weighted by molar-refractivity contribution is 0.0997. The summed E-state index contributed by atoms with van der Waals surface area (Å²) < 4.78 is 30.2. The monoisotopic (exact) mass is 509 g/mol. The van der Waals surface area contributed by atoms with E-state index in [1.54, 1.807) is 0 Å². The van der Waals surface area contributed by atoms with E-state index in [-0.39, 0.29) is 36.4 Å². The van der Waals surface area contributed by atoms with Crippen molar-refractivity contribution in [2.75, 3.05) is 13.1 Å². The van der Waals surface area contributed by atoms with Gasteiger partial charge >= 0.3 is 0 Å². The Kier molecular flexibility index (Phi) is 8.94. The molecule has 0 aliphatic heterocycles. The van der Waals surface area contributed by atoms with Gasteiger partial charge in [0.25, 0.3) is 5.91 Å². The third kappa shape index (κ3) is 6.04. The Morgan fingerprint density at radius 1 is 1.06 bits per heavy atom. The minimum absolute atomic E-state index is 0.0000614. The number of aromatic nitrogens is 1. The van der Waals surface area contributed by atoms with Crippen LogP contribution in [0.3, 0.4) is 0 Å². The van der Waals surface area contributed by atoms with Gasteiger partial charge in [0.1, 0.15) is 0 Å². The highest BCUT2D eigenvalue weighted by Crippen LogP contribution is 2.21. The van der Waals surface area contributed by atoms with Crippen LogP contribution in [-0.4, -0.2) is 36.3 Å². The molecule has 0 N–H and O–H groups in total. The molecule has 10 heteroatoms. The van der Waals surface area contributed by atoms with Crippen LogP contribution in [-0.2, 0) is 23.0 Å². The molecule has 0 aliphatic carbocycles. The number of rotatable bonds is 10. The number of nitriles is 2. The van der Waals surface area contributed by atoms with E-state index in [1.807, 2.05) is 16.7 Å². The summed E-state index contributed by atoms with van der Waals surface area (Å²) in [7, 11) is -3.90. The largest absolute Gasteiger partial charge is 0.316 e. The molecule has 1 amide bonds. The molecule has 1 aromatic heterocycles. The summed E-state index contributed by atoms with van der Waals surface area (Å²) in [6.45, 7) is 4.90. The van der Waals surface area contributed by atoms with Crippen molar-refractivity contribution in [3.8, 4) is 12.1 Å². The maximum atomic E-state index is 13.0. The molecular formula is C25H27N5O3S2. The van der Waals surface area contributed by atoms with Crippen LogP contribution >= 0.6 is 11.3 Å². The summed E-state index contributed by atoms with van der Waals surface area (Å²) in [6, 6.07) is 15.7. The summed E-state index contributed by atoms with van der Waals surface area (Å²) in [5, 5.41) is 17.7. The molecule has 0 fully saturated rings.